The minimum absolute atomic E-state index is 0. The second kappa shape index (κ2) is 14.0. The number of morpholine rings is 1. The van der Waals surface area contributed by atoms with E-state index in [9.17, 15) is 4.39 Å². The molecule has 2 aliphatic heterocycles. The zero-order valence-electron chi connectivity index (χ0n) is 18.4. The highest BCUT2D eigenvalue weighted by Gasteiger charge is 2.21. The van der Waals surface area contributed by atoms with Crippen molar-refractivity contribution in [3.05, 3.63) is 58.4 Å². The Morgan fingerprint density at radius 1 is 1.18 bits per heavy atom. The van der Waals surface area contributed by atoms with Crippen LogP contribution in [0.3, 0.4) is 0 Å². The number of nitrogens with one attached hydrogen (secondary N) is 1. The zero-order valence-corrected chi connectivity index (χ0v) is 19.9. The molecule has 2 aromatic rings. The van der Waals surface area contributed by atoms with Crippen molar-refractivity contribution in [1.82, 2.24) is 4.90 Å². The maximum Gasteiger partial charge on any atom is 0.165 e. The Bertz CT molecular complexity index is 1020. The van der Waals surface area contributed by atoms with Gasteiger partial charge in [-0.3, -0.25) is 9.89 Å². The molecule has 0 atom stereocenters. The summed E-state index contributed by atoms with van der Waals surface area (Å²) < 4.78 is 26.1. The molecule has 8 heteroatoms. The van der Waals surface area contributed by atoms with Crippen LogP contribution in [-0.2, 0) is 4.74 Å². The van der Waals surface area contributed by atoms with Crippen LogP contribution in [-0.4, -0.2) is 61.6 Å². The summed E-state index contributed by atoms with van der Waals surface area (Å²) in [7, 11) is 0. The molecule has 1 fully saturated rings. The van der Waals surface area contributed by atoms with Gasteiger partial charge in [0.2, 0.25) is 0 Å². The van der Waals surface area contributed by atoms with Crippen LogP contribution in [0.15, 0.2) is 41.4 Å². The number of thiocarbonyl (C=S) groups is 1. The van der Waals surface area contributed by atoms with Crippen LogP contribution in [0.2, 0.25) is 5.02 Å². The minimum atomic E-state index is -0.432. The van der Waals surface area contributed by atoms with E-state index in [0.717, 1.165) is 44.8 Å². The van der Waals surface area contributed by atoms with Crippen molar-refractivity contribution in [2.75, 3.05) is 51.3 Å². The van der Waals surface area contributed by atoms with E-state index in [2.05, 4.69) is 28.1 Å². The molecule has 2 aromatic carbocycles. The van der Waals surface area contributed by atoms with Crippen LogP contribution >= 0.6 is 23.8 Å². The van der Waals surface area contributed by atoms with Crippen molar-refractivity contribution in [2.45, 2.75) is 20.3 Å². The lowest BCUT2D eigenvalue weighted by Gasteiger charge is -2.26. The molecule has 1 N–H and O–H groups in total. The monoisotopic (exact) mass is 503 g/mol. The number of ether oxygens (including phenoxy) is 2. The molecule has 1 saturated heterocycles. The van der Waals surface area contributed by atoms with Crippen molar-refractivity contribution in [3.63, 3.8) is 0 Å². The van der Waals surface area contributed by atoms with Crippen molar-refractivity contribution >= 4 is 40.2 Å². The Labute approximate surface area is 212 Å². The quantitative estimate of drug-likeness (QED) is 0.323. The third kappa shape index (κ3) is 7.25. The number of hydrogen-bond acceptors (Lipinski definition) is 5. The molecule has 0 radical (unpaired) electrons. The molecule has 0 bridgehead atoms. The number of terminal acetylenes is 1. The summed E-state index contributed by atoms with van der Waals surface area (Å²) in [5.41, 5.74) is 2.70. The molecule has 0 saturated carbocycles. The Hall–Kier alpha value is -2.50. The molecular formula is C26H31ClFN3O2S. The van der Waals surface area contributed by atoms with Gasteiger partial charge in [0.1, 0.15) is 0 Å². The van der Waals surface area contributed by atoms with Gasteiger partial charge in [0.05, 0.1) is 36.2 Å². The van der Waals surface area contributed by atoms with Gasteiger partial charge in [0, 0.05) is 54.8 Å². The summed E-state index contributed by atoms with van der Waals surface area (Å²) in [5.74, 6) is -0.228. The minimum Gasteiger partial charge on any atom is -0.490 e. The van der Waals surface area contributed by atoms with Crippen molar-refractivity contribution in [2.24, 2.45) is 4.99 Å². The number of anilines is 1. The van der Waals surface area contributed by atoms with Gasteiger partial charge in [0.15, 0.2) is 11.6 Å². The highest BCUT2D eigenvalue weighted by Crippen LogP contribution is 2.31. The Kier molecular flexibility index (Phi) is 11.4. The number of nitrogens with zero attached hydrogens (tertiary/aromatic N) is 2. The number of benzene rings is 2. The second-order valence-electron chi connectivity index (χ2n) is 7.49. The van der Waals surface area contributed by atoms with Crippen molar-refractivity contribution in [1.29, 1.82) is 0 Å². The van der Waals surface area contributed by atoms with Gasteiger partial charge in [-0.25, -0.2) is 4.39 Å². The lowest BCUT2D eigenvalue weighted by Crippen LogP contribution is -2.37. The fourth-order valence-corrected chi connectivity index (χ4v) is 4.14. The Morgan fingerprint density at radius 2 is 1.91 bits per heavy atom. The zero-order chi connectivity index (χ0) is 23.6. The molecule has 4 rings (SSSR count). The third-order valence-corrected chi connectivity index (χ3v) is 5.95. The van der Waals surface area contributed by atoms with Crippen LogP contribution in [0.25, 0.3) is 0 Å². The maximum atomic E-state index is 15.0. The maximum absolute atomic E-state index is 15.0. The van der Waals surface area contributed by atoms with E-state index in [1.165, 1.54) is 6.07 Å². The number of fused-ring (bicyclic) bond motifs is 1. The summed E-state index contributed by atoms with van der Waals surface area (Å²) >= 11 is 11.8. The lowest BCUT2D eigenvalue weighted by molar-refractivity contribution is 0.0357. The molecule has 2 aliphatic rings. The molecule has 0 unspecified atom stereocenters. The normalized spacial score (nSPS) is 15.8. The third-order valence-electron chi connectivity index (χ3n) is 5.32. The smallest absolute Gasteiger partial charge is 0.165 e. The number of rotatable bonds is 6. The summed E-state index contributed by atoms with van der Waals surface area (Å²) in [4.78, 5) is 7.68. The van der Waals surface area contributed by atoms with E-state index >= 15 is 0 Å². The predicted molar refractivity (Wildman–Crippen MR) is 143 cm³/mol. The number of halogens is 2. The molecule has 34 heavy (non-hydrogen) atoms. The highest BCUT2D eigenvalue weighted by atomic mass is 35.5. The summed E-state index contributed by atoms with van der Waals surface area (Å²) in [5, 5.41) is 3.80. The number of hydrogen-bond donors (Lipinski definition) is 1. The molecule has 0 aromatic heterocycles. The summed E-state index contributed by atoms with van der Waals surface area (Å²) in [6, 6.07) is 10.6. The van der Waals surface area contributed by atoms with E-state index in [0.29, 0.717) is 46.5 Å². The SMILES string of the molecule is C.C#C.Fc1cc2c(cc1OCCCN1CCOCC1)NC(=S)CCN=C2c1ccccc1Cl. The molecule has 5 nitrogen and oxygen atoms in total. The van der Waals surface area contributed by atoms with Gasteiger partial charge in [-0.15, -0.1) is 12.8 Å². The van der Waals surface area contributed by atoms with E-state index in [1.54, 1.807) is 12.1 Å². The first-order valence-electron chi connectivity index (χ1n) is 10.8. The lowest BCUT2D eigenvalue weighted by atomic mass is 9.99. The van der Waals surface area contributed by atoms with Gasteiger partial charge in [-0.05, 0) is 18.6 Å². The summed E-state index contributed by atoms with van der Waals surface area (Å²) in [6.45, 7) is 5.23. The van der Waals surface area contributed by atoms with Gasteiger partial charge in [-0.1, -0.05) is 49.4 Å². The highest BCUT2D eigenvalue weighted by molar-refractivity contribution is 7.80. The van der Waals surface area contributed by atoms with Crippen LogP contribution in [0, 0.1) is 18.7 Å². The molecule has 2 heterocycles. The number of aliphatic imine (C=N–C) groups is 1. The Morgan fingerprint density at radius 3 is 2.65 bits per heavy atom. The first-order valence-corrected chi connectivity index (χ1v) is 11.6. The standard InChI is InChI=1S/C23H25ClFN3O2S.C2H2.CH4/c24-18-5-2-1-4-16(18)23-17-14-19(25)21(15-20(17)27-22(31)6-7-26-23)30-11-3-8-28-9-12-29-13-10-28;1-2;/h1-2,4-5,14-15H,3,6-13H2,(H,27,31);1-2H;1H4. The van der Waals surface area contributed by atoms with Crippen LogP contribution < -0.4 is 10.1 Å². The topological polar surface area (TPSA) is 46.1 Å². The average Bonchev–Trinajstić information content (AvgIpc) is 2.83. The average molecular weight is 504 g/mol. The van der Waals surface area contributed by atoms with Crippen molar-refractivity contribution in [3.8, 4) is 18.6 Å². The van der Waals surface area contributed by atoms with Crippen LogP contribution in [0.4, 0.5) is 10.1 Å². The molecular weight excluding hydrogens is 473 g/mol. The van der Waals surface area contributed by atoms with Gasteiger partial charge >= 0.3 is 0 Å². The van der Waals surface area contributed by atoms with Gasteiger partial charge in [0.25, 0.3) is 0 Å². The second-order valence-corrected chi connectivity index (χ2v) is 8.39. The van der Waals surface area contributed by atoms with Gasteiger partial charge < -0.3 is 14.8 Å². The van der Waals surface area contributed by atoms with E-state index in [1.807, 2.05) is 18.2 Å². The predicted octanol–water partition coefficient (Wildman–Crippen LogP) is 5.45. The first-order chi connectivity index (χ1) is 16.1. The van der Waals surface area contributed by atoms with Crippen LogP contribution in [0.5, 0.6) is 5.75 Å². The van der Waals surface area contributed by atoms with Crippen LogP contribution in [0.1, 0.15) is 31.4 Å². The fourth-order valence-electron chi connectivity index (χ4n) is 3.71. The van der Waals surface area contributed by atoms with E-state index < -0.39 is 5.82 Å². The molecule has 0 spiro atoms. The molecule has 0 amide bonds. The largest absolute Gasteiger partial charge is 0.490 e. The fraction of sp³-hybridized carbons (Fsp3) is 0.385. The summed E-state index contributed by atoms with van der Waals surface area (Å²) in [6.07, 6.45) is 9.42. The molecule has 182 valence electrons. The molecule has 0 aliphatic carbocycles. The first kappa shape index (κ1) is 27.7. The van der Waals surface area contributed by atoms with Crippen molar-refractivity contribution < 1.29 is 13.9 Å². The van der Waals surface area contributed by atoms with E-state index in [4.69, 9.17) is 33.3 Å². The van der Waals surface area contributed by atoms with E-state index in [-0.39, 0.29) is 13.2 Å². The van der Waals surface area contributed by atoms with Gasteiger partial charge in [-0.2, -0.15) is 0 Å². The Balaban J connectivity index is 0.00000133.